The lowest BCUT2D eigenvalue weighted by Gasteiger charge is -2.22. The summed E-state index contributed by atoms with van der Waals surface area (Å²) in [5.74, 6) is -0.896. The summed E-state index contributed by atoms with van der Waals surface area (Å²) in [5, 5.41) is -1.33. The lowest BCUT2D eigenvalue weighted by Crippen LogP contribution is -2.38. The van der Waals surface area contributed by atoms with Crippen molar-refractivity contribution in [3.05, 3.63) is 23.9 Å². The second-order valence-electron chi connectivity index (χ2n) is 5.41. The van der Waals surface area contributed by atoms with Crippen LogP contribution in [0.15, 0.2) is 23.4 Å². The van der Waals surface area contributed by atoms with E-state index in [9.17, 15) is 31.2 Å². The molecule has 8 nitrogen and oxygen atoms in total. The number of halogens is 3. The molecule has 0 unspecified atom stereocenters. The quantitative estimate of drug-likeness (QED) is 0.749. The van der Waals surface area contributed by atoms with Crippen molar-refractivity contribution in [3.63, 3.8) is 0 Å². The van der Waals surface area contributed by atoms with E-state index in [2.05, 4.69) is 9.72 Å². The Morgan fingerprint density at radius 3 is 2.38 bits per heavy atom. The smallest absolute Gasteiger partial charge is 0.453 e. The average molecular weight is 395 g/mol. The van der Waals surface area contributed by atoms with Crippen molar-refractivity contribution in [3.8, 4) is 0 Å². The van der Waals surface area contributed by atoms with E-state index in [0.29, 0.717) is 13.0 Å². The van der Waals surface area contributed by atoms with Gasteiger partial charge in [0.05, 0.1) is 12.7 Å². The number of rotatable bonds is 2. The fourth-order valence-corrected chi connectivity index (χ4v) is 3.34. The van der Waals surface area contributed by atoms with Crippen LogP contribution in [-0.4, -0.2) is 74.0 Å². The molecule has 1 aromatic heterocycles. The predicted octanol–water partition coefficient (Wildman–Crippen LogP) is 1.29. The minimum absolute atomic E-state index is 0.0222. The Bertz CT molecular complexity index is 797. The number of carbonyl (C=O) groups is 2. The predicted molar refractivity (Wildman–Crippen MR) is 82.0 cm³/mol. The number of carbonyl (C=O) groups excluding carboxylic acids is 2. The zero-order valence-corrected chi connectivity index (χ0v) is 14.5. The molecule has 0 radical (unpaired) electrons. The van der Waals surface area contributed by atoms with Gasteiger partial charge in [0.15, 0.2) is 5.03 Å². The van der Waals surface area contributed by atoms with E-state index in [-0.39, 0.29) is 19.6 Å². The van der Waals surface area contributed by atoms with E-state index in [4.69, 9.17) is 0 Å². The van der Waals surface area contributed by atoms with E-state index in [0.717, 1.165) is 12.3 Å². The summed E-state index contributed by atoms with van der Waals surface area (Å²) in [5.41, 5.74) is -6.23. The number of ether oxygens (including phenoxy) is 1. The number of nitrogens with zero attached hydrogens (tertiary/aromatic N) is 3. The number of methoxy groups -OCH3 is 1. The van der Waals surface area contributed by atoms with Gasteiger partial charge in [0, 0.05) is 32.4 Å². The molecule has 0 saturated carbocycles. The first-order valence-corrected chi connectivity index (χ1v) is 8.96. The largest absolute Gasteiger partial charge is 0.503 e. The van der Waals surface area contributed by atoms with Crippen molar-refractivity contribution in [1.29, 1.82) is 0 Å². The monoisotopic (exact) mass is 395 g/mol. The third-order valence-electron chi connectivity index (χ3n) is 3.78. The Kier molecular flexibility index (Phi) is 5.74. The van der Waals surface area contributed by atoms with E-state index < -0.39 is 37.9 Å². The van der Waals surface area contributed by atoms with E-state index in [1.54, 1.807) is 0 Å². The zero-order valence-electron chi connectivity index (χ0n) is 13.7. The third-order valence-corrected chi connectivity index (χ3v) is 5.22. The van der Waals surface area contributed by atoms with Crippen LogP contribution < -0.4 is 0 Å². The van der Waals surface area contributed by atoms with Gasteiger partial charge in [0.25, 0.3) is 15.7 Å². The van der Waals surface area contributed by atoms with Crippen LogP contribution in [0, 0.1) is 0 Å². The number of hydrogen-bond acceptors (Lipinski definition) is 6. The lowest BCUT2D eigenvalue weighted by molar-refractivity contribution is -0.0438. The van der Waals surface area contributed by atoms with Gasteiger partial charge < -0.3 is 14.5 Å². The maximum Gasteiger partial charge on any atom is 0.503 e. The molecule has 1 saturated heterocycles. The summed E-state index contributed by atoms with van der Waals surface area (Å²) in [6.45, 7) is 0.582. The highest BCUT2D eigenvalue weighted by Crippen LogP contribution is 2.31. The van der Waals surface area contributed by atoms with Crippen LogP contribution in [0.3, 0.4) is 0 Å². The van der Waals surface area contributed by atoms with Crippen molar-refractivity contribution < 1.29 is 35.9 Å². The molecule has 0 aromatic carbocycles. The van der Waals surface area contributed by atoms with Crippen LogP contribution >= 0.6 is 0 Å². The van der Waals surface area contributed by atoms with Crippen LogP contribution in [0.5, 0.6) is 0 Å². The van der Waals surface area contributed by atoms with Gasteiger partial charge in [-0.1, -0.05) is 0 Å². The average Bonchev–Trinajstić information content (AvgIpc) is 2.85. The zero-order chi connectivity index (χ0) is 19.5. The highest BCUT2D eigenvalue weighted by Gasteiger charge is 2.49. The third kappa shape index (κ3) is 3.89. The standard InChI is InChI=1S/C14H16F3N3O5S/c1-25-13(22)20-7-3-6-19(8-9-20)12(21)10-4-2-5-18-11(10)26(23,24)14(15,16)17/h2,4-5H,3,6-9H2,1H3. The number of pyridine rings is 1. The molecule has 12 heteroatoms. The van der Waals surface area contributed by atoms with Crippen LogP contribution in [0.2, 0.25) is 0 Å². The van der Waals surface area contributed by atoms with Crippen LogP contribution in [0.1, 0.15) is 16.8 Å². The van der Waals surface area contributed by atoms with Crippen molar-refractivity contribution in [2.45, 2.75) is 17.0 Å². The minimum Gasteiger partial charge on any atom is -0.453 e. The number of sulfone groups is 1. The Balaban J connectivity index is 2.30. The van der Waals surface area contributed by atoms with Gasteiger partial charge in [0.2, 0.25) is 0 Å². The molecule has 0 N–H and O–H groups in total. The summed E-state index contributed by atoms with van der Waals surface area (Å²) in [6, 6.07) is 2.16. The first-order chi connectivity index (χ1) is 12.1. The molecule has 1 fully saturated rings. The maximum atomic E-state index is 12.8. The number of amides is 2. The molecule has 0 atom stereocenters. The molecule has 2 amide bonds. The second kappa shape index (κ2) is 7.48. The van der Waals surface area contributed by atoms with Crippen LogP contribution in [-0.2, 0) is 14.6 Å². The van der Waals surface area contributed by atoms with E-state index in [1.165, 1.54) is 23.0 Å². The molecular weight excluding hydrogens is 379 g/mol. The molecule has 0 spiro atoms. The van der Waals surface area contributed by atoms with Crippen molar-refractivity contribution >= 4 is 21.8 Å². The topological polar surface area (TPSA) is 96.9 Å². The van der Waals surface area contributed by atoms with E-state index in [1.807, 2.05) is 0 Å². The van der Waals surface area contributed by atoms with Gasteiger partial charge in [-0.3, -0.25) is 4.79 Å². The van der Waals surface area contributed by atoms with Gasteiger partial charge in [-0.05, 0) is 18.6 Å². The highest BCUT2D eigenvalue weighted by atomic mass is 32.2. The van der Waals surface area contributed by atoms with Gasteiger partial charge in [-0.25, -0.2) is 18.2 Å². The van der Waals surface area contributed by atoms with Crippen LogP contribution in [0.4, 0.5) is 18.0 Å². The van der Waals surface area contributed by atoms with Gasteiger partial charge in [-0.2, -0.15) is 13.2 Å². The molecule has 0 aliphatic carbocycles. The first-order valence-electron chi connectivity index (χ1n) is 7.48. The Labute approximate surface area is 147 Å². The molecule has 26 heavy (non-hydrogen) atoms. The number of aromatic nitrogens is 1. The molecule has 1 aliphatic heterocycles. The van der Waals surface area contributed by atoms with E-state index >= 15 is 0 Å². The molecule has 1 aromatic rings. The highest BCUT2D eigenvalue weighted by molar-refractivity contribution is 7.92. The van der Waals surface area contributed by atoms with Crippen LogP contribution in [0.25, 0.3) is 0 Å². The Morgan fingerprint density at radius 1 is 1.15 bits per heavy atom. The summed E-state index contributed by atoms with van der Waals surface area (Å²) >= 11 is 0. The second-order valence-corrected chi connectivity index (χ2v) is 7.26. The van der Waals surface area contributed by atoms with Crippen molar-refractivity contribution in [1.82, 2.24) is 14.8 Å². The molecular formula is C14H16F3N3O5S. The first kappa shape index (κ1) is 19.9. The normalized spacial score (nSPS) is 16.2. The van der Waals surface area contributed by atoms with Crippen molar-refractivity contribution in [2.75, 3.05) is 33.3 Å². The van der Waals surface area contributed by atoms with Gasteiger partial charge in [0.1, 0.15) is 0 Å². The van der Waals surface area contributed by atoms with Crippen molar-refractivity contribution in [2.24, 2.45) is 0 Å². The van der Waals surface area contributed by atoms with Gasteiger partial charge in [-0.15, -0.1) is 0 Å². The summed E-state index contributed by atoms with van der Waals surface area (Å²) in [7, 11) is -4.56. The fourth-order valence-electron chi connectivity index (χ4n) is 2.48. The Hall–Kier alpha value is -2.37. The lowest BCUT2D eigenvalue weighted by atomic mass is 10.2. The molecule has 144 valence electrons. The summed E-state index contributed by atoms with van der Waals surface area (Å²) in [6.07, 6.45) is 0.653. The summed E-state index contributed by atoms with van der Waals surface area (Å²) < 4.78 is 66.5. The van der Waals surface area contributed by atoms with Gasteiger partial charge >= 0.3 is 11.6 Å². The fraction of sp³-hybridized carbons (Fsp3) is 0.500. The molecule has 1 aliphatic rings. The molecule has 2 rings (SSSR count). The number of hydrogen-bond donors (Lipinski definition) is 0. The Morgan fingerprint density at radius 2 is 1.77 bits per heavy atom. The molecule has 2 heterocycles. The number of alkyl halides is 3. The SMILES string of the molecule is COC(=O)N1CCCN(C(=O)c2cccnc2S(=O)(=O)C(F)(F)F)CC1. The molecule has 0 bridgehead atoms. The maximum absolute atomic E-state index is 12.8. The minimum atomic E-state index is -5.77. The summed E-state index contributed by atoms with van der Waals surface area (Å²) in [4.78, 5) is 30.0.